The van der Waals surface area contributed by atoms with Gasteiger partial charge in [0.05, 0.1) is 6.20 Å². The number of nitrogens with zero attached hydrogens (tertiary/aromatic N) is 2. The summed E-state index contributed by atoms with van der Waals surface area (Å²) in [7, 11) is 0. The minimum absolute atomic E-state index is 0.142. The fourth-order valence-corrected chi connectivity index (χ4v) is 1.61. The zero-order valence-corrected chi connectivity index (χ0v) is 10.2. The summed E-state index contributed by atoms with van der Waals surface area (Å²) in [6.45, 7) is 9.71. The summed E-state index contributed by atoms with van der Waals surface area (Å²) < 4.78 is 1.92. The van der Waals surface area contributed by atoms with Crippen LogP contribution in [0, 0.1) is 11.3 Å². The van der Waals surface area contributed by atoms with Crippen LogP contribution in [0.5, 0.6) is 0 Å². The Bertz CT molecular complexity index is 299. The highest BCUT2D eigenvalue weighted by atomic mass is 16.3. The molecule has 0 aliphatic carbocycles. The van der Waals surface area contributed by atoms with E-state index in [4.69, 9.17) is 0 Å². The van der Waals surface area contributed by atoms with Crippen LogP contribution in [0.25, 0.3) is 0 Å². The Kier molecular flexibility index (Phi) is 3.91. The molecule has 0 bridgehead atoms. The second kappa shape index (κ2) is 4.79. The molecule has 1 heterocycles. The maximum absolute atomic E-state index is 9.36. The summed E-state index contributed by atoms with van der Waals surface area (Å²) in [6, 6.07) is 0. The smallest absolute Gasteiger partial charge is 0.0521 e. The van der Waals surface area contributed by atoms with Crippen molar-refractivity contribution in [1.29, 1.82) is 0 Å². The fourth-order valence-electron chi connectivity index (χ4n) is 1.61. The van der Waals surface area contributed by atoms with E-state index in [1.807, 2.05) is 10.9 Å². The van der Waals surface area contributed by atoms with Crippen LogP contribution in [0.2, 0.25) is 0 Å². The van der Waals surface area contributed by atoms with Gasteiger partial charge in [0.15, 0.2) is 0 Å². The van der Waals surface area contributed by atoms with Crippen molar-refractivity contribution in [3.8, 4) is 0 Å². The van der Waals surface area contributed by atoms with Crippen LogP contribution in [0.1, 0.15) is 33.3 Å². The van der Waals surface area contributed by atoms with E-state index in [9.17, 15) is 5.11 Å². The predicted molar refractivity (Wildman–Crippen MR) is 61.6 cm³/mol. The van der Waals surface area contributed by atoms with Gasteiger partial charge in [-0.15, -0.1) is 0 Å². The predicted octanol–water partition coefficient (Wildman–Crippen LogP) is 2.10. The Labute approximate surface area is 92.1 Å². The first kappa shape index (κ1) is 12.2. The van der Waals surface area contributed by atoms with Gasteiger partial charge in [0, 0.05) is 19.3 Å². The second-order valence-electron chi connectivity index (χ2n) is 5.15. The molecule has 86 valence electrons. The van der Waals surface area contributed by atoms with Gasteiger partial charge in [-0.25, -0.2) is 0 Å². The van der Waals surface area contributed by atoms with Gasteiger partial charge in [0.25, 0.3) is 0 Å². The zero-order chi connectivity index (χ0) is 11.5. The van der Waals surface area contributed by atoms with Crippen molar-refractivity contribution in [2.24, 2.45) is 11.3 Å². The lowest BCUT2D eigenvalue weighted by molar-refractivity contribution is 0.131. The summed E-state index contributed by atoms with van der Waals surface area (Å²) in [5.74, 6) is 0.298. The molecule has 0 aliphatic rings. The Morgan fingerprint density at radius 2 is 2.13 bits per heavy atom. The minimum atomic E-state index is 0.142. The van der Waals surface area contributed by atoms with Crippen molar-refractivity contribution < 1.29 is 5.11 Å². The average Bonchev–Trinajstić information content (AvgIpc) is 2.59. The molecular weight excluding hydrogens is 188 g/mol. The Balaban J connectivity index is 2.67. The molecule has 0 spiro atoms. The van der Waals surface area contributed by atoms with Gasteiger partial charge in [-0.1, -0.05) is 20.8 Å². The van der Waals surface area contributed by atoms with Crippen LogP contribution in [0.4, 0.5) is 0 Å². The molecule has 0 amide bonds. The molecule has 0 radical (unpaired) electrons. The van der Waals surface area contributed by atoms with E-state index in [0.29, 0.717) is 5.92 Å². The number of aliphatic hydroxyl groups excluding tert-OH is 1. The number of hydrogen-bond acceptors (Lipinski definition) is 2. The first-order valence-corrected chi connectivity index (χ1v) is 5.59. The van der Waals surface area contributed by atoms with Crippen LogP contribution in [0.15, 0.2) is 12.4 Å². The maximum Gasteiger partial charge on any atom is 0.0521 e. The number of aliphatic hydroxyl groups is 1. The largest absolute Gasteiger partial charge is 0.396 e. The maximum atomic E-state index is 9.36. The lowest BCUT2D eigenvalue weighted by Gasteiger charge is -2.28. The molecule has 1 aromatic rings. The molecule has 0 aliphatic heterocycles. The lowest BCUT2D eigenvalue weighted by Crippen LogP contribution is -2.25. The number of hydrogen-bond donors (Lipinski definition) is 1. The van der Waals surface area contributed by atoms with Gasteiger partial charge < -0.3 is 5.11 Å². The zero-order valence-electron chi connectivity index (χ0n) is 10.2. The first-order chi connectivity index (χ1) is 6.97. The molecular formula is C12H22N2O. The molecule has 1 atom stereocenters. The standard InChI is InChI=1S/C12H22N2O/c1-5-14-8-10(7-13-14)6-11(9-15)12(2,3)4/h7-8,11,15H,5-6,9H2,1-4H3. The van der Waals surface area contributed by atoms with Crippen molar-refractivity contribution in [1.82, 2.24) is 9.78 Å². The molecule has 1 rings (SSSR count). The van der Waals surface area contributed by atoms with Gasteiger partial charge in [0.1, 0.15) is 0 Å². The van der Waals surface area contributed by atoms with Crippen LogP contribution < -0.4 is 0 Å². The lowest BCUT2D eigenvalue weighted by atomic mass is 9.78. The summed E-state index contributed by atoms with van der Waals surface area (Å²) in [5.41, 5.74) is 1.36. The van der Waals surface area contributed by atoms with Gasteiger partial charge in [0.2, 0.25) is 0 Å². The van der Waals surface area contributed by atoms with Crippen molar-refractivity contribution >= 4 is 0 Å². The molecule has 1 N–H and O–H groups in total. The minimum Gasteiger partial charge on any atom is -0.396 e. The van der Waals surface area contributed by atoms with Crippen molar-refractivity contribution in [3.05, 3.63) is 18.0 Å². The molecule has 15 heavy (non-hydrogen) atoms. The van der Waals surface area contributed by atoms with E-state index in [0.717, 1.165) is 13.0 Å². The third-order valence-electron chi connectivity index (χ3n) is 2.94. The quantitative estimate of drug-likeness (QED) is 0.826. The second-order valence-corrected chi connectivity index (χ2v) is 5.15. The monoisotopic (exact) mass is 210 g/mol. The van der Waals surface area contributed by atoms with Crippen molar-refractivity contribution in [2.45, 2.75) is 40.7 Å². The molecule has 0 aromatic carbocycles. The van der Waals surface area contributed by atoms with Gasteiger partial charge in [-0.2, -0.15) is 5.10 Å². The summed E-state index contributed by atoms with van der Waals surface area (Å²) in [4.78, 5) is 0. The third kappa shape index (κ3) is 3.34. The first-order valence-electron chi connectivity index (χ1n) is 5.59. The SMILES string of the molecule is CCn1cc(CC(CO)C(C)(C)C)cn1. The Hall–Kier alpha value is -0.830. The Morgan fingerprint density at radius 3 is 2.53 bits per heavy atom. The fraction of sp³-hybridized carbons (Fsp3) is 0.750. The van der Waals surface area contributed by atoms with Crippen LogP contribution in [-0.2, 0) is 13.0 Å². The highest BCUT2D eigenvalue weighted by Gasteiger charge is 2.24. The summed E-state index contributed by atoms with van der Waals surface area (Å²) >= 11 is 0. The highest BCUT2D eigenvalue weighted by Crippen LogP contribution is 2.28. The Morgan fingerprint density at radius 1 is 1.47 bits per heavy atom. The van der Waals surface area contributed by atoms with Crippen molar-refractivity contribution in [3.63, 3.8) is 0 Å². The molecule has 1 aromatic heterocycles. The molecule has 1 unspecified atom stereocenters. The molecule has 0 saturated carbocycles. The van der Waals surface area contributed by atoms with E-state index in [1.54, 1.807) is 0 Å². The van der Waals surface area contributed by atoms with Gasteiger partial charge in [-0.3, -0.25) is 4.68 Å². The van der Waals surface area contributed by atoms with Crippen LogP contribution >= 0.6 is 0 Å². The summed E-state index contributed by atoms with van der Waals surface area (Å²) in [5, 5.41) is 13.6. The van der Waals surface area contributed by atoms with E-state index in [1.165, 1.54) is 5.56 Å². The van der Waals surface area contributed by atoms with E-state index >= 15 is 0 Å². The van der Waals surface area contributed by atoms with Gasteiger partial charge >= 0.3 is 0 Å². The third-order valence-corrected chi connectivity index (χ3v) is 2.94. The number of aromatic nitrogens is 2. The van der Waals surface area contributed by atoms with Gasteiger partial charge in [-0.05, 0) is 30.2 Å². The normalized spacial score (nSPS) is 14.2. The van der Waals surface area contributed by atoms with E-state index in [2.05, 4.69) is 39.0 Å². The molecule has 3 heteroatoms. The highest BCUT2D eigenvalue weighted by molar-refractivity contribution is 5.06. The summed E-state index contributed by atoms with van der Waals surface area (Å²) in [6.07, 6.45) is 4.87. The number of aryl methyl sites for hydroxylation is 1. The molecule has 3 nitrogen and oxygen atoms in total. The van der Waals surface area contributed by atoms with E-state index in [-0.39, 0.29) is 12.0 Å². The van der Waals surface area contributed by atoms with Crippen molar-refractivity contribution in [2.75, 3.05) is 6.61 Å². The van der Waals surface area contributed by atoms with E-state index < -0.39 is 0 Å². The van der Waals surface area contributed by atoms with Crippen LogP contribution in [0.3, 0.4) is 0 Å². The molecule has 0 fully saturated rings. The van der Waals surface area contributed by atoms with Crippen LogP contribution in [-0.4, -0.2) is 21.5 Å². The molecule has 0 saturated heterocycles. The topological polar surface area (TPSA) is 38.0 Å². The number of rotatable bonds is 4. The average molecular weight is 210 g/mol.